The quantitative estimate of drug-likeness (QED) is 0.381. The number of aliphatic imine (C=N–C) groups is 1. The third kappa shape index (κ3) is 2.46. The van der Waals surface area contributed by atoms with Crippen molar-refractivity contribution in [2.75, 3.05) is 0 Å². The van der Waals surface area contributed by atoms with Gasteiger partial charge in [0.15, 0.2) is 11.5 Å². The van der Waals surface area contributed by atoms with Crippen molar-refractivity contribution in [1.29, 1.82) is 0 Å². The lowest BCUT2D eigenvalue weighted by atomic mass is 10.2. The van der Waals surface area contributed by atoms with Crippen molar-refractivity contribution in [3.63, 3.8) is 0 Å². The predicted molar refractivity (Wildman–Crippen MR) is 66.4 cm³/mol. The number of nitrogens with one attached hydrogen (secondary N) is 2. The van der Waals surface area contributed by atoms with Gasteiger partial charge in [0.25, 0.3) is 5.56 Å². The van der Waals surface area contributed by atoms with Crippen LogP contribution in [0.5, 0.6) is 17.2 Å². The second kappa shape index (κ2) is 4.69. The molecule has 0 aliphatic carbocycles. The fourth-order valence-corrected chi connectivity index (χ4v) is 1.33. The van der Waals surface area contributed by atoms with Crippen LogP contribution in [0.15, 0.2) is 32.9 Å². The maximum absolute atomic E-state index is 11.3. The third-order valence-corrected chi connectivity index (χ3v) is 2.30. The Morgan fingerprint density at radius 3 is 2.53 bits per heavy atom. The number of nitrogens with zero attached hydrogens (tertiary/aromatic N) is 1. The van der Waals surface area contributed by atoms with Gasteiger partial charge in [0.1, 0.15) is 5.69 Å². The first-order chi connectivity index (χ1) is 8.99. The second-order valence-electron chi connectivity index (χ2n) is 3.59. The van der Waals surface area contributed by atoms with Gasteiger partial charge in [-0.1, -0.05) is 0 Å². The molecule has 0 aliphatic heterocycles. The molecule has 0 saturated carbocycles. The van der Waals surface area contributed by atoms with Crippen molar-refractivity contribution < 1.29 is 15.3 Å². The number of rotatable bonds is 2. The van der Waals surface area contributed by atoms with Gasteiger partial charge in [-0.05, 0) is 12.1 Å². The number of aromatic amines is 2. The third-order valence-electron chi connectivity index (χ3n) is 2.30. The maximum atomic E-state index is 11.3. The molecule has 8 heteroatoms. The Labute approximate surface area is 105 Å². The van der Waals surface area contributed by atoms with E-state index in [0.717, 1.165) is 18.5 Å². The van der Waals surface area contributed by atoms with Crippen molar-refractivity contribution in [3.8, 4) is 17.2 Å². The minimum Gasteiger partial charge on any atom is -0.504 e. The fraction of sp³-hybridized carbons (Fsp3) is 0. The molecule has 1 heterocycles. The van der Waals surface area contributed by atoms with E-state index in [1.165, 1.54) is 6.07 Å². The van der Waals surface area contributed by atoms with Crippen LogP contribution in [0, 0.1) is 0 Å². The largest absolute Gasteiger partial charge is 0.504 e. The SMILES string of the molecule is O=c1[nH]cc(/N=C/c2ccc(O)c(O)c2O)c(=O)[nH]1. The van der Waals surface area contributed by atoms with Crippen molar-refractivity contribution >= 4 is 11.9 Å². The number of benzene rings is 1. The van der Waals surface area contributed by atoms with Gasteiger partial charge in [0.05, 0.1) is 0 Å². The minimum absolute atomic E-state index is 0.0773. The number of phenolic OH excluding ortho intramolecular Hbond substituents is 3. The molecular weight excluding hydrogens is 254 g/mol. The van der Waals surface area contributed by atoms with Gasteiger partial charge >= 0.3 is 5.69 Å². The summed E-state index contributed by atoms with van der Waals surface area (Å²) in [6.07, 6.45) is 2.21. The molecule has 0 fully saturated rings. The van der Waals surface area contributed by atoms with Crippen LogP contribution in [0.25, 0.3) is 0 Å². The Kier molecular flexibility index (Phi) is 3.06. The van der Waals surface area contributed by atoms with Gasteiger partial charge in [-0.15, -0.1) is 0 Å². The van der Waals surface area contributed by atoms with Crippen molar-refractivity contribution in [2.24, 2.45) is 4.99 Å². The number of hydrogen-bond acceptors (Lipinski definition) is 6. The molecule has 8 nitrogen and oxygen atoms in total. The van der Waals surface area contributed by atoms with Crippen LogP contribution in [0.3, 0.4) is 0 Å². The monoisotopic (exact) mass is 263 g/mol. The summed E-state index contributed by atoms with van der Waals surface area (Å²) in [4.78, 5) is 30.1. The van der Waals surface area contributed by atoms with Crippen molar-refractivity contribution in [1.82, 2.24) is 9.97 Å². The molecule has 0 saturated heterocycles. The molecule has 19 heavy (non-hydrogen) atoms. The minimum atomic E-state index is -0.692. The predicted octanol–water partition coefficient (Wildman–Crippen LogP) is -0.0694. The van der Waals surface area contributed by atoms with E-state index < -0.39 is 28.5 Å². The van der Waals surface area contributed by atoms with E-state index in [1.807, 2.05) is 4.98 Å². The normalized spacial score (nSPS) is 10.9. The summed E-state index contributed by atoms with van der Waals surface area (Å²) in [5, 5.41) is 28.0. The maximum Gasteiger partial charge on any atom is 0.325 e. The average Bonchev–Trinajstić information content (AvgIpc) is 2.37. The molecule has 2 aromatic rings. The molecule has 0 bridgehead atoms. The van der Waals surface area contributed by atoms with Gasteiger partial charge < -0.3 is 20.3 Å². The lowest BCUT2D eigenvalue weighted by Gasteiger charge is -2.02. The Hall–Kier alpha value is -3.03. The smallest absolute Gasteiger partial charge is 0.325 e. The number of aromatic hydroxyl groups is 3. The number of hydrogen-bond donors (Lipinski definition) is 5. The topological polar surface area (TPSA) is 139 Å². The zero-order chi connectivity index (χ0) is 14.0. The van der Waals surface area contributed by atoms with E-state index in [-0.39, 0.29) is 11.3 Å². The number of H-pyrrole nitrogens is 2. The van der Waals surface area contributed by atoms with Crippen LogP contribution in [-0.4, -0.2) is 31.5 Å². The highest BCUT2D eigenvalue weighted by atomic mass is 16.3. The van der Waals surface area contributed by atoms with E-state index in [0.29, 0.717) is 0 Å². The summed E-state index contributed by atoms with van der Waals surface area (Å²) in [6.45, 7) is 0. The zero-order valence-electron chi connectivity index (χ0n) is 9.41. The lowest BCUT2D eigenvalue weighted by molar-refractivity contribution is 0.367. The molecular formula is C11H9N3O5. The van der Waals surface area contributed by atoms with E-state index in [9.17, 15) is 19.8 Å². The Bertz CT molecular complexity index is 760. The van der Waals surface area contributed by atoms with Crippen molar-refractivity contribution in [3.05, 3.63) is 44.7 Å². The van der Waals surface area contributed by atoms with Crippen LogP contribution >= 0.6 is 0 Å². The first kappa shape index (κ1) is 12.4. The summed E-state index contributed by atoms with van der Waals surface area (Å²) in [7, 11) is 0. The molecule has 1 aromatic heterocycles. The summed E-state index contributed by atoms with van der Waals surface area (Å²) in [5.41, 5.74) is -1.33. The molecule has 1 aromatic carbocycles. The summed E-state index contributed by atoms with van der Waals surface area (Å²) in [5.74, 6) is -1.72. The van der Waals surface area contributed by atoms with E-state index in [1.54, 1.807) is 0 Å². The first-order valence-corrected chi connectivity index (χ1v) is 5.09. The number of aromatic nitrogens is 2. The van der Waals surface area contributed by atoms with Crippen molar-refractivity contribution in [2.45, 2.75) is 0 Å². The zero-order valence-corrected chi connectivity index (χ0v) is 9.41. The molecule has 98 valence electrons. The Balaban J connectivity index is 2.41. The van der Waals surface area contributed by atoms with Gasteiger partial charge in [-0.25, -0.2) is 9.79 Å². The van der Waals surface area contributed by atoms with Gasteiger partial charge in [0.2, 0.25) is 5.75 Å². The Morgan fingerprint density at radius 1 is 1.11 bits per heavy atom. The fourth-order valence-electron chi connectivity index (χ4n) is 1.33. The summed E-state index contributed by atoms with van der Waals surface area (Å²) in [6, 6.07) is 2.46. The molecule has 0 aliphatic rings. The molecule has 0 spiro atoms. The molecule has 0 radical (unpaired) electrons. The molecule has 2 rings (SSSR count). The molecule has 5 N–H and O–H groups in total. The van der Waals surface area contributed by atoms with Crippen LogP contribution in [0.2, 0.25) is 0 Å². The second-order valence-corrected chi connectivity index (χ2v) is 3.59. The lowest BCUT2D eigenvalue weighted by Crippen LogP contribution is -2.20. The molecule has 0 unspecified atom stereocenters. The Morgan fingerprint density at radius 2 is 1.84 bits per heavy atom. The van der Waals surface area contributed by atoms with Gasteiger partial charge in [-0.3, -0.25) is 9.78 Å². The summed E-state index contributed by atoms with van der Waals surface area (Å²) < 4.78 is 0. The van der Waals surface area contributed by atoms with E-state index in [2.05, 4.69) is 9.98 Å². The highest BCUT2D eigenvalue weighted by Crippen LogP contribution is 2.36. The average molecular weight is 263 g/mol. The van der Waals surface area contributed by atoms with Gasteiger partial charge in [0, 0.05) is 18.0 Å². The highest BCUT2D eigenvalue weighted by Gasteiger charge is 2.09. The van der Waals surface area contributed by atoms with E-state index >= 15 is 0 Å². The summed E-state index contributed by atoms with van der Waals surface area (Å²) >= 11 is 0. The molecule has 0 amide bonds. The highest BCUT2D eigenvalue weighted by molar-refractivity contribution is 5.87. The standard InChI is InChI=1S/C11H9N3O5/c15-7-2-1-5(8(16)9(7)17)3-12-6-4-13-11(19)14-10(6)18/h1-4,15-17H,(H2,13,14,18,19)/b12-3+. The number of phenols is 3. The van der Waals surface area contributed by atoms with Crippen LogP contribution in [-0.2, 0) is 0 Å². The molecule has 0 atom stereocenters. The van der Waals surface area contributed by atoms with E-state index in [4.69, 9.17) is 5.11 Å². The van der Waals surface area contributed by atoms with Crippen LogP contribution in [0.1, 0.15) is 5.56 Å². The van der Waals surface area contributed by atoms with Crippen LogP contribution < -0.4 is 11.2 Å². The first-order valence-electron chi connectivity index (χ1n) is 5.09. The van der Waals surface area contributed by atoms with Gasteiger partial charge in [-0.2, -0.15) is 0 Å². The van der Waals surface area contributed by atoms with Crippen LogP contribution in [0.4, 0.5) is 5.69 Å².